The van der Waals surface area contributed by atoms with Crippen LogP contribution in [0.1, 0.15) is 33.3 Å². The zero-order chi connectivity index (χ0) is 19.0. The van der Waals surface area contributed by atoms with Crippen LogP contribution >= 0.6 is 0 Å². The minimum atomic E-state index is -1.11. The van der Waals surface area contributed by atoms with E-state index in [1.54, 1.807) is 20.8 Å². The Bertz CT molecular complexity index is 598. The van der Waals surface area contributed by atoms with Gasteiger partial charge in [-0.25, -0.2) is 10.2 Å². The van der Waals surface area contributed by atoms with E-state index >= 15 is 0 Å². The molecular formula is C17H25N3O5. The van der Waals surface area contributed by atoms with Crippen molar-refractivity contribution in [3.05, 3.63) is 35.9 Å². The summed E-state index contributed by atoms with van der Waals surface area (Å²) >= 11 is 0. The molecule has 0 spiro atoms. The highest BCUT2D eigenvalue weighted by Crippen LogP contribution is 2.08. The Kier molecular flexibility index (Phi) is 7.38. The molecule has 0 aliphatic heterocycles. The summed E-state index contributed by atoms with van der Waals surface area (Å²) in [6.07, 6.45) is -0.496. The predicted octanol–water partition coefficient (Wildman–Crippen LogP) is 1.22. The Hall–Kier alpha value is -2.61. The number of ether oxygens (including phenoxy) is 1. The fraction of sp³-hybridized carbons (Fsp3) is 0.471. The first-order valence-electron chi connectivity index (χ1n) is 7.90. The van der Waals surface area contributed by atoms with E-state index in [-0.39, 0.29) is 6.42 Å². The topological polar surface area (TPSA) is 117 Å². The van der Waals surface area contributed by atoms with Crippen LogP contribution in [-0.4, -0.2) is 40.8 Å². The van der Waals surface area contributed by atoms with Gasteiger partial charge >= 0.3 is 12.1 Å². The van der Waals surface area contributed by atoms with Gasteiger partial charge in [-0.05, 0) is 33.3 Å². The van der Waals surface area contributed by atoms with Crippen LogP contribution in [0.2, 0.25) is 0 Å². The quantitative estimate of drug-likeness (QED) is 0.549. The number of hydrazine groups is 1. The maximum absolute atomic E-state index is 12.3. The second kappa shape index (κ2) is 9.03. The molecule has 0 unspecified atom stereocenters. The second-order valence-corrected chi connectivity index (χ2v) is 6.58. The molecule has 0 saturated heterocycles. The molecule has 0 aliphatic rings. The van der Waals surface area contributed by atoms with Gasteiger partial charge in [-0.3, -0.25) is 15.0 Å². The zero-order valence-corrected chi connectivity index (χ0v) is 14.8. The monoisotopic (exact) mass is 351 g/mol. The number of nitrogens with one attached hydrogen (secondary N) is 3. The highest BCUT2D eigenvalue weighted by Gasteiger charge is 2.25. The van der Waals surface area contributed by atoms with Crippen molar-refractivity contribution in [2.75, 3.05) is 0 Å². The maximum Gasteiger partial charge on any atom is 0.408 e. The van der Waals surface area contributed by atoms with Crippen LogP contribution in [0.4, 0.5) is 4.79 Å². The predicted molar refractivity (Wildman–Crippen MR) is 91.7 cm³/mol. The Morgan fingerprint density at radius 3 is 2.28 bits per heavy atom. The Morgan fingerprint density at radius 2 is 1.76 bits per heavy atom. The molecule has 1 aromatic rings. The number of hydrogen-bond donors (Lipinski definition) is 4. The van der Waals surface area contributed by atoms with E-state index in [1.807, 2.05) is 30.3 Å². The number of carbonyl (C=O) groups is 3. The smallest absolute Gasteiger partial charge is 0.408 e. The van der Waals surface area contributed by atoms with Gasteiger partial charge in [-0.1, -0.05) is 30.3 Å². The molecule has 2 atom stereocenters. The van der Waals surface area contributed by atoms with E-state index in [0.717, 1.165) is 5.56 Å². The van der Waals surface area contributed by atoms with E-state index in [4.69, 9.17) is 9.84 Å². The van der Waals surface area contributed by atoms with Gasteiger partial charge in [0.15, 0.2) is 0 Å². The number of amides is 2. The molecule has 138 valence electrons. The molecule has 0 radical (unpaired) electrons. The van der Waals surface area contributed by atoms with Crippen LogP contribution in [0.25, 0.3) is 0 Å². The molecule has 0 aliphatic carbocycles. The van der Waals surface area contributed by atoms with Crippen LogP contribution in [-0.2, 0) is 20.7 Å². The van der Waals surface area contributed by atoms with Crippen LogP contribution in [0.3, 0.4) is 0 Å². The van der Waals surface area contributed by atoms with Gasteiger partial charge in [0, 0.05) is 6.42 Å². The summed E-state index contributed by atoms with van der Waals surface area (Å²) in [5.74, 6) is -1.68. The van der Waals surface area contributed by atoms with Gasteiger partial charge in [-0.15, -0.1) is 0 Å². The highest BCUT2D eigenvalue weighted by atomic mass is 16.6. The van der Waals surface area contributed by atoms with E-state index in [1.165, 1.54) is 6.92 Å². The van der Waals surface area contributed by atoms with Crippen molar-refractivity contribution in [2.24, 2.45) is 0 Å². The molecule has 4 N–H and O–H groups in total. The normalized spacial score (nSPS) is 13.4. The van der Waals surface area contributed by atoms with Gasteiger partial charge in [0.1, 0.15) is 17.7 Å². The minimum absolute atomic E-state index is 0.231. The average molecular weight is 351 g/mol. The van der Waals surface area contributed by atoms with Crippen LogP contribution in [0.15, 0.2) is 30.3 Å². The third kappa shape index (κ3) is 8.16. The lowest BCUT2D eigenvalue weighted by Gasteiger charge is -2.23. The summed E-state index contributed by atoms with van der Waals surface area (Å²) < 4.78 is 5.18. The number of hydrogen-bond acceptors (Lipinski definition) is 5. The van der Waals surface area contributed by atoms with E-state index in [0.29, 0.717) is 0 Å². The molecule has 0 saturated carbocycles. The summed E-state index contributed by atoms with van der Waals surface area (Å²) in [5, 5.41) is 11.4. The molecule has 0 bridgehead atoms. The van der Waals surface area contributed by atoms with Gasteiger partial charge in [0.2, 0.25) is 0 Å². The number of carboxylic acid groups (broad SMARTS) is 1. The van der Waals surface area contributed by atoms with E-state index < -0.39 is 35.7 Å². The third-order valence-corrected chi connectivity index (χ3v) is 3.07. The summed E-state index contributed by atoms with van der Waals surface area (Å²) in [4.78, 5) is 35.1. The molecule has 0 aromatic heterocycles. The van der Waals surface area contributed by atoms with Gasteiger partial charge < -0.3 is 15.2 Å². The van der Waals surface area contributed by atoms with Crippen molar-refractivity contribution in [3.8, 4) is 0 Å². The lowest BCUT2D eigenvalue weighted by atomic mass is 10.1. The fourth-order valence-electron chi connectivity index (χ4n) is 1.84. The Balaban J connectivity index is 2.77. The summed E-state index contributed by atoms with van der Waals surface area (Å²) in [7, 11) is 0. The SMILES string of the molecule is C[C@@H](NNC(=O)[C@H](Cc1ccccc1)NC(=O)OC(C)(C)C)C(=O)O. The average Bonchev–Trinajstić information content (AvgIpc) is 2.50. The first-order chi connectivity index (χ1) is 11.6. The van der Waals surface area contributed by atoms with Crippen LogP contribution in [0.5, 0.6) is 0 Å². The number of carbonyl (C=O) groups excluding carboxylic acids is 2. The summed E-state index contributed by atoms with van der Waals surface area (Å²) in [5.41, 5.74) is 4.83. The lowest BCUT2D eigenvalue weighted by molar-refractivity contribution is -0.139. The van der Waals surface area contributed by atoms with Crippen molar-refractivity contribution >= 4 is 18.0 Å². The maximum atomic E-state index is 12.3. The molecule has 0 heterocycles. The van der Waals surface area contributed by atoms with Crippen molar-refractivity contribution in [3.63, 3.8) is 0 Å². The van der Waals surface area contributed by atoms with E-state index in [2.05, 4.69) is 16.2 Å². The van der Waals surface area contributed by atoms with Crippen molar-refractivity contribution < 1.29 is 24.2 Å². The molecule has 1 rings (SSSR count). The van der Waals surface area contributed by atoms with Crippen molar-refractivity contribution in [2.45, 2.75) is 51.8 Å². The highest BCUT2D eigenvalue weighted by molar-refractivity contribution is 5.86. The minimum Gasteiger partial charge on any atom is -0.480 e. The number of aliphatic carboxylic acids is 1. The molecule has 8 nitrogen and oxygen atoms in total. The second-order valence-electron chi connectivity index (χ2n) is 6.58. The first-order valence-corrected chi connectivity index (χ1v) is 7.90. The van der Waals surface area contributed by atoms with Crippen molar-refractivity contribution in [1.82, 2.24) is 16.2 Å². The largest absolute Gasteiger partial charge is 0.480 e. The number of benzene rings is 1. The van der Waals surface area contributed by atoms with E-state index in [9.17, 15) is 14.4 Å². The number of carboxylic acids is 1. The fourth-order valence-corrected chi connectivity index (χ4v) is 1.84. The number of rotatable bonds is 7. The standard InChI is InChI=1S/C17H25N3O5/c1-11(15(22)23)19-20-14(21)13(10-12-8-6-5-7-9-12)18-16(24)25-17(2,3)4/h5-9,11,13,19H,10H2,1-4H3,(H,18,24)(H,20,21)(H,22,23)/t11-,13+/m1/s1. The Morgan fingerprint density at radius 1 is 1.16 bits per heavy atom. The molecule has 2 amide bonds. The van der Waals surface area contributed by atoms with Gasteiger partial charge in [0.25, 0.3) is 5.91 Å². The molecule has 25 heavy (non-hydrogen) atoms. The number of alkyl carbamates (subject to hydrolysis) is 1. The van der Waals surface area contributed by atoms with Gasteiger partial charge in [-0.2, -0.15) is 0 Å². The van der Waals surface area contributed by atoms with Crippen LogP contribution in [0, 0.1) is 0 Å². The summed E-state index contributed by atoms with van der Waals surface area (Å²) in [6.45, 7) is 6.54. The Labute approximate surface area is 146 Å². The van der Waals surface area contributed by atoms with Gasteiger partial charge in [0.05, 0.1) is 0 Å². The summed E-state index contributed by atoms with van der Waals surface area (Å²) in [6, 6.07) is 7.24. The van der Waals surface area contributed by atoms with Crippen molar-refractivity contribution in [1.29, 1.82) is 0 Å². The molecular weight excluding hydrogens is 326 g/mol. The lowest BCUT2D eigenvalue weighted by Crippen LogP contribution is -2.55. The third-order valence-electron chi connectivity index (χ3n) is 3.07. The van der Waals surface area contributed by atoms with Crippen LogP contribution < -0.4 is 16.2 Å². The molecule has 1 aromatic carbocycles. The first kappa shape index (κ1) is 20.4. The molecule has 0 fully saturated rings. The molecule has 8 heteroatoms. The zero-order valence-electron chi connectivity index (χ0n) is 14.8.